The van der Waals surface area contributed by atoms with Crippen LogP contribution in [0, 0.1) is 0 Å². The first-order chi connectivity index (χ1) is 10.4. The molecule has 0 bridgehead atoms. The molecule has 4 nitrogen and oxygen atoms in total. The second-order valence-electron chi connectivity index (χ2n) is 4.41. The normalized spacial score (nSPS) is 11.0. The van der Waals surface area contributed by atoms with E-state index < -0.39 is 0 Å². The molecule has 0 saturated heterocycles. The first-order valence-corrected chi connectivity index (χ1v) is 8.04. The Morgan fingerprint density at radius 2 is 2.05 bits per heavy atom. The van der Waals surface area contributed by atoms with Crippen LogP contribution in [0.3, 0.4) is 0 Å². The molecule has 4 rings (SSSR count). The highest BCUT2D eigenvalue weighted by molar-refractivity contribution is 7.15. The number of aldehydes is 1. The molecule has 0 N–H and O–H groups in total. The monoisotopic (exact) mass is 311 g/mol. The summed E-state index contributed by atoms with van der Waals surface area (Å²) in [5.41, 5.74) is 3.23. The predicted octanol–water partition coefficient (Wildman–Crippen LogP) is 4.00. The van der Waals surface area contributed by atoms with E-state index >= 15 is 0 Å². The lowest BCUT2D eigenvalue weighted by Gasteiger charge is -2.04. The lowest BCUT2D eigenvalue weighted by molar-refractivity contribution is 0.112. The zero-order valence-corrected chi connectivity index (χ0v) is 12.4. The largest absolute Gasteiger partial charge is 0.298 e. The molecule has 3 aromatic heterocycles. The van der Waals surface area contributed by atoms with E-state index in [1.54, 1.807) is 34.9 Å². The molecule has 0 fully saturated rings. The Morgan fingerprint density at radius 1 is 1.14 bits per heavy atom. The first-order valence-electron chi connectivity index (χ1n) is 6.28. The second kappa shape index (κ2) is 4.91. The Kier molecular flexibility index (Phi) is 2.90. The summed E-state index contributed by atoms with van der Waals surface area (Å²) in [5, 5.41) is 4.84. The summed E-state index contributed by atoms with van der Waals surface area (Å²) in [4.78, 5) is 21.3. The number of thiazole rings is 2. The summed E-state index contributed by atoms with van der Waals surface area (Å²) < 4.78 is 2.03. The van der Waals surface area contributed by atoms with E-state index in [-0.39, 0.29) is 0 Å². The van der Waals surface area contributed by atoms with Crippen molar-refractivity contribution in [3.05, 3.63) is 53.0 Å². The molecule has 0 aliphatic rings. The summed E-state index contributed by atoms with van der Waals surface area (Å²) in [6.45, 7) is 0. The summed E-state index contributed by atoms with van der Waals surface area (Å²) in [6.07, 6.45) is 4.63. The number of hydrogen-bond donors (Lipinski definition) is 0. The van der Waals surface area contributed by atoms with Gasteiger partial charge in [0.05, 0.1) is 0 Å². The number of aromatic nitrogens is 3. The van der Waals surface area contributed by atoms with Gasteiger partial charge in [0.2, 0.25) is 0 Å². The van der Waals surface area contributed by atoms with Crippen LogP contribution >= 0.6 is 22.7 Å². The topological polar surface area (TPSA) is 47.3 Å². The quantitative estimate of drug-likeness (QED) is 0.537. The zero-order chi connectivity index (χ0) is 14.2. The van der Waals surface area contributed by atoms with Crippen molar-refractivity contribution >= 4 is 33.9 Å². The first kappa shape index (κ1) is 12.4. The molecule has 0 atom stereocenters. The number of carbonyl (C=O) groups is 1. The van der Waals surface area contributed by atoms with Crippen LogP contribution in [-0.2, 0) is 0 Å². The molecule has 0 saturated carbocycles. The minimum absolute atomic E-state index is 0.640. The van der Waals surface area contributed by atoms with E-state index in [1.165, 1.54) is 0 Å². The average Bonchev–Trinajstić information content (AvgIpc) is 3.23. The van der Waals surface area contributed by atoms with Crippen LogP contribution in [0.25, 0.3) is 26.9 Å². The molecule has 21 heavy (non-hydrogen) atoms. The summed E-state index contributed by atoms with van der Waals surface area (Å²) >= 11 is 3.13. The molecule has 0 amide bonds. The average molecular weight is 311 g/mol. The standard InChI is InChI=1S/C15H9N3OS2/c19-9-10-3-1-2-4-11(10)12-13(14-16-5-7-20-14)18-6-8-21-15(18)17-12/h1-9H. The van der Waals surface area contributed by atoms with Crippen molar-refractivity contribution < 1.29 is 4.79 Å². The van der Waals surface area contributed by atoms with Crippen molar-refractivity contribution in [3.63, 3.8) is 0 Å². The van der Waals surface area contributed by atoms with Gasteiger partial charge in [-0.25, -0.2) is 9.97 Å². The van der Waals surface area contributed by atoms with Crippen molar-refractivity contribution in [1.29, 1.82) is 0 Å². The van der Waals surface area contributed by atoms with Gasteiger partial charge in [0.1, 0.15) is 16.4 Å². The highest BCUT2D eigenvalue weighted by atomic mass is 32.1. The molecule has 0 aliphatic heterocycles. The molecule has 1 aromatic carbocycles. The third kappa shape index (κ3) is 1.91. The molecule has 0 spiro atoms. The molecule has 0 unspecified atom stereocenters. The summed E-state index contributed by atoms with van der Waals surface area (Å²) in [6, 6.07) is 7.50. The van der Waals surface area contributed by atoms with Crippen molar-refractivity contribution in [3.8, 4) is 22.0 Å². The Morgan fingerprint density at radius 3 is 2.86 bits per heavy atom. The molecule has 0 aliphatic carbocycles. The predicted molar refractivity (Wildman–Crippen MR) is 85.0 cm³/mol. The van der Waals surface area contributed by atoms with Crippen molar-refractivity contribution in [2.75, 3.05) is 0 Å². The highest BCUT2D eigenvalue weighted by Crippen LogP contribution is 2.36. The lowest BCUT2D eigenvalue weighted by Crippen LogP contribution is -1.91. The third-order valence-corrected chi connectivity index (χ3v) is 4.78. The third-order valence-electron chi connectivity index (χ3n) is 3.24. The molecule has 6 heteroatoms. The Hall–Kier alpha value is -2.31. The van der Waals surface area contributed by atoms with Gasteiger partial charge in [-0.15, -0.1) is 22.7 Å². The lowest BCUT2D eigenvalue weighted by atomic mass is 10.0. The van der Waals surface area contributed by atoms with Crippen molar-refractivity contribution in [2.24, 2.45) is 0 Å². The van der Waals surface area contributed by atoms with Gasteiger partial charge >= 0.3 is 0 Å². The van der Waals surface area contributed by atoms with Gasteiger partial charge < -0.3 is 0 Å². The number of benzene rings is 1. The van der Waals surface area contributed by atoms with E-state index in [9.17, 15) is 4.79 Å². The number of carbonyl (C=O) groups excluding carboxylic acids is 1. The van der Waals surface area contributed by atoms with Gasteiger partial charge in [-0.1, -0.05) is 24.3 Å². The van der Waals surface area contributed by atoms with E-state index in [4.69, 9.17) is 4.98 Å². The fourth-order valence-corrected chi connectivity index (χ4v) is 3.73. The van der Waals surface area contributed by atoms with Crippen LogP contribution in [0.5, 0.6) is 0 Å². The fraction of sp³-hybridized carbons (Fsp3) is 0. The second-order valence-corrected chi connectivity index (χ2v) is 6.17. The van der Waals surface area contributed by atoms with Crippen LogP contribution < -0.4 is 0 Å². The summed E-state index contributed by atoms with van der Waals surface area (Å²) in [7, 11) is 0. The number of imidazole rings is 1. The zero-order valence-electron chi connectivity index (χ0n) is 10.8. The van der Waals surface area contributed by atoms with Crippen molar-refractivity contribution in [2.45, 2.75) is 0 Å². The van der Waals surface area contributed by atoms with Crippen LogP contribution in [0.4, 0.5) is 0 Å². The van der Waals surface area contributed by atoms with Crippen molar-refractivity contribution in [1.82, 2.24) is 14.4 Å². The fourth-order valence-electron chi connectivity index (χ4n) is 2.33. The van der Waals surface area contributed by atoms with Gasteiger partial charge in [0.15, 0.2) is 11.2 Å². The molecule has 102 valence electrons. The number of fused-ring (bicyclic) bond motifs is 1. The smallest absolute Gasteiger partial charge is 0.194 e. The van der Waals surface area contributed by atoms with E-state index in [0.29, 0.717) is 5.56 Å². The molecule has 4 aromatic rings. The van der Waals surface area contributed by atoms with Gasteiger partial charge in [-0.3, -0.25) is 9.20 Å². The molecular weight excluding hydrogens is 302 g/mol. The number of rotatable bonds is 3. The Bertz CT molecular complexity index is 922. The number of nitrogens with zero attached hydrogens (tertiary/aromatic N) is 3. The van der Waals surface area contributed by atoms with Crippen LogP contribution in [0.15, 0.2) is 47.4 Å². The van der Waals surface area contributed by atoms with Gasteiger partial charge in [-0.05, 0) is 0 Å². The van der Waals surface area contributed by atoms with Crippen LogP contribution in [0.2, 0.25) is 0 Å². The summed E-state index contributed by atoms with van der Waals surface area (Å²) in [5.74, 6) is 0. The minimum Gasteiger partial charge on any atom is -0.298 e. The van der Waals surface area contributed by atoms with Gasteiger partial charge in [-0.2, -0.15) is 0 Å². The maximum atomic E-state index is 11.3. The van der Waals surface area contributed by atoms with E-state index in [2.05, 4.69) is 4.98 Å². The molecular formula is C15H9N3OS2. The SMILES string of the molecule is O=Cc1ccccc1-c1nc2sccn2c1-c1nccs1. The Balaban J connectivity index is 2.07. The highest BCUT2D eigenvalue weighted by Gasteiger charge is 2.20. The Labute approximate surface area is 128 Å². The van der Waals surface area contributed by atoms with E-state index in [1.807, 2.05) is 39.6 Å². The van der Waals surface area contributed by atoms with E-state index in [0.717, 1.165) is 33.2 Å². The van der Waals surface area contributed by atoms with Gasteiger partial charge in [0.25, 0.3) is 0 Å². The number of hydrogen-bond acceptors (Lipinski definition) is 5. The molecule has 3 heterocycles. The maximum Gasteiger partial charge on any atom is 0.194 e. The van der Waals surface area contributed by atoms with Crippen LogP contribution in [-0.4, -0.2) is 20.7 Å². The minimum atomic E-state index is 0.640. The molecule has 0 radical (unpaired) electrons. The van der Waals surface area contributed by atoms with Gasteiger partial charge in [0, 0.05) is 34.3 Å². The maximum absolute atomic E-state index is 11.3. The van der Waals surface area contributed by atoms with Crippen LogP contribution in [0.1, 0.15) is 10.4 Å².